The smallest absolute Gasteiger partial charge is 0.252 e. The van der Waals surface area contributed by atoms with Crippen LogP contribution >= 0.6 is 0 Å². The van der Waals surface area contributed by atoms with Crippen LogP contribution in [0, 0.1) is 12.7 Å². The van der Waals surface area contributed by atoms with Crippen molar-refractivity contribution in [3.63, 3.8) is 0 Å². The minimum absolute atomic E-state index is 0.151. The van der Waals surface area contributed by atoms with Gasteiger partial charge in [-0.3, -0.25) is 9.78 Å². The van der Waals surface area contributed by atoms with E-state index in [1.165, 1.54) is 12.1 Å². The number of anilines is 2. The highest BCUT2D eigenvalue weighted by Crippen LogP contribution is 2.17. The number of aromatic nitrogens is 2. The fourth-order valence-corrected chi connectivity index (χ4v) is 1.64. The van der Waals surface area contributed by atoms with Crippen molar-refractivity contribution in [1.29, 1.82) is 0 Å². The molecule has 0 saturated carbocycles. The number of nitrogens with zero attached hydrogens (tertiary/aromatic N) is 1. The molecule has 1 heterocycles. The van der Waals surface area contributed by atoms with Crippen LogP contribution < -0.4 is 10.9 Å². The van der Waals surface area contributed by atoms with Crippen molar-refractivity contribution in [3.05, 3.63) is 51.7 Å². The summed E-state index contributed by atoms with van der Waals surface area (Å²) in [6.45, 7) is 5.60. The Morgan fingerprint density at radius 3 is 2.68 bits per heavy atom. The highest BCUT2D eigenvalue weighted by Gasteiger charge is 2.06. The molecule has 0 atom stereocenters. The molecule has 4 nitrogen and oxygen atoms in total. The van der Waals surface area contributed by atoms with Gasteiger partial charge >= 0.3 is 0 Å². The van der Waals surface area contributed by atoms with Crippen LogP contribution in [0.2, 0.25) is 0 Å². The molecule has 5 heteroatoms. The Labute approximate surface area is 110 Å². The monoisotopic (exact) mass is 261 g/mol. The van der Waals surface area contributed by atoms with E-state index in [9.17, 15) is 9.18 Å². The average molecular weight is 261 g/mol. The second-order valence-electron chi connectivity index (χ2n) is 4.76. The molecule has 0 spiro atoms. The number of H-pyrrole nitrogens is 1. The SMILES string of the molecule is Cc1ccc(Nc2nc(C(C)C)cc(=O)[nH]2)cc1F. The van der Waals surface area contributed by atoms with E-state index < -0.39 is 0 Å². The fraction of sp³-hybridized carbons (Fsp3) is 0.286. The summed E-state index contributed by atoms with van der Waals surface area (Å²) in [6.07, 6.45) is 0. The summed E-state index contributed by atoms with van der Waals surface area (Å²) in [5.74, 6) is 0.171. The van der Waals surface area contributed by atoms with Crippen LogP contribution in [0.15, 0.2) is 29.1 Å². The van der Waals surface area contributed by atoms with Crippen LogP contribution in [0.5, 0.6) is 0 Å². The van der Waals surface area contributed by atoms with Gasteiger partial charge in [0, 0.05) is 11.8 Å². The van der Waals surface area contributed by atoms with Gasteiger partial charge in [-0.05, 0) is 30.5 Å². The Kier molecular flexibility index (Phi) is 3.64. The summed E-state index contributed by atoms with van der Waals surface area (Å²) in [7, 11) is 0. The molecule has 0 radical (unpaired) electrons. The summed E-state index contributed by atoms with van der Waals surface area (Å²) < 4.78 is 13.4. The Morgan fingerprint density at radius 1 is 1.32 bits per heavy atom. The van der Waals surface area contributed by atoms with Gasteiger partial charge in [0.05, 0.1) is 5.69 Å². The third-order valence-corrected chi connectivity index (χ3v) is 2.79. The molecule has 0 bridgehead atoms. The van der Waals surface area contributed by atoms with E-state index in [0.717, 1.165) is 0 Å². The molecule has 0 fully saturated rings. The van der Waals surface area contributed by atoms with Crippen molar-refractivity contribution in [2.45, 2.75) is 26.7 Å². The third-order valence-electron chi connectivity index (χ3n) is 2.79. The zero-order chi connectivity index (χ0) is 14.0. The Hall–Kier alpha value is -2.17. The van der Waals surface area contributed by atoms with Crippen LogP contribution in [0.4, 0.5) is 16.0 Å². The molecule has 0 aliphatic heterocycles. The molecule has 0 aliphatic carbocycles. The van der Waals surface area contributed by atoms with Crippen LogP contribution in [-0.2, 0) is 0 Å². The lowest BCUT2D eigenvalue weighted by Gasteiger charge is -2.09. The lowest BCUT2D eigenvalue weighted by molar-refractivity contribution is 0.619. The predicted octanol–water partition coefficient (Wildman–Crippen LogP) is 3.08. The zero-order valence-electron chi connectivity index (χ0n) is 11.1. The van der Waals surface area contributed by atoms with Gasteiger partial charge in [-0.1, -0.05) is 19.9 Å². The molecular formula is C14H16FN3O. The number of rotatable bonds is 3. The summed E-state index contributed by atoms with van der Waals surface area (Å²) in [5, 5.41) is 2.90. The fourth-order valence-electron chi connectivity index (χ4n) is 1.64. The second kappa shape index (κ2) is 5.22. The van der Waals surface area contributed by atoms with Gasteiger partial charge in [-0.25, -0.2) is 9.37 Å². The standard InChI is InChI=1S/C14H16FN3O/c1-8(2)12-7-13(19)18-14(17-12)16-10-5-4-9(3)11(15)6-10/h4-8H,1-3H3,(H2,16,17,18,19). The molecular weight excluding hydrogens is 245 g/mol. The first-order valence-corrected chi connectivity index (χ1v) is 6.10. The number of benzene rings is 1. The predicted molar refractivity (Wildman–Crippen MR) is 73.4 cm³/mol. The third kappa shape index (κ3) is 3.19. The normalized spacial score (nSPS) is 10.8. The topological polar surface area (TPSA) is 57.8 Å². The first-order chi connectivity index (χ1) is 8.95. The molecule has 19 heavy (non-hydrogen) atoms. The van der Waals surface area contributed by atoms with Crippen molar-refractivity contribution in [1.82, 2.24) is 9.97 Å². The van der Waals surface area contributed by atoms with Gasteiger partial charge in [0.1, 0.15) is 5.82 Å². The molecule has 0 unspecified atom stereocenters. The van der Waals surface area contributed by atoms with E-state index in [1.807, 2.05) is 13.8 Å². The van der Waals surface area contributed by atoms with Crippen LogP contribution in [-0.4, -0.2) is 9.97 Å². The van der Waals surface area contributed by atoms with Gasteiger partial charge in [0.2, 0.25) is 5.95 Å². The van der Waals surface area contributed by atoms with E-state index in [1.54, 1.807) is 19.1 Å². The molecule has 1 aromatic heterocycles. The summed E-state index contributed by atoms with van der Waals surface area (Å²) in [4.78, 5) is 18.4. The number of nitrogens with one attached hydrogen (secondary N) is 2. The molecule has 0 amide bonds. The van der Waals surface area contributed by atoms with Gasteiger partial charge in [-0.15, -0.1) is 0 Å². The van der Waals surface area contributed by atoms with E-state index in [0.29, 0.717) is 22.9 Å². The van der Waals surface area contributed by atoms with Crippen molar-refractivity contribution in [3.8, 4) is 0 Å². The highest BCUT2D eigenvalue weighted by atomic mass is 19.1. The summed E-state index contributed by atoms with van der Waals surface area (Å²) in [6, 6.07) is 6.24. The largest absolute Gasteiger partial charge is 0.326 e. The number of aryl methyl sites for hydroxylation is 1. The Bertz CT molecular complexity index is 649. The van der Waals surface area contributed by atoms with E-state index >= 15 is 0 Å². The van der Waals surface area contributed by atoms with Gasteiger partial charge in [-0.2, -0.15) is 0 Å². The van der Waals surface area contributed by atoms with Gasteiger partial charge in [0.25, 0.3) is 5.56 Å². The van der Waals surface area contributed by atoms with Crippen LogP contribution in [0.1, 0.15) is 31.0 Å². The Balaban J connectivity index is 2.32. The molecule has 0 saturated heterocycles. The number of aromatic amines is 1. The van der Waals surface area contributed by atoms with Gasteiger partial charge < -0.3 is 5.32 Å². The second-order valence-corrected chi connectivity index (χ2v) is 4.76. The maximum absolute atomic E-state index is 13.4. The minimum atomic E-state index is -0.299. The lowest BCUT2D eigenvalue weighted by Crippen LogP contribution is -2.12. The highest BCUT2D eigenvalue weighted by molar-refractivity contribution is 5.53. The summed E-state index contributed by atoms with van der Waals surface area (Å²) >= 11 is 0. The number of halogens is 1. The van der Waals surface area contributed by atoms with E-state index in [-0.39, 0.29) is 17.3 Å². The molecule has 2 aromatic rings. The molecule has 100 valence electrons. The average Bonchev–Trinajstić information content (AvgIpc) is 2.33. The number of hydrogen-bond donors (Lipinski definition) is 2. The van der Waals surface area contributed by atoms with Gasteiger partial charge in [0.15, 0.2) is 0 Å². The van der Waals surface area contributed by atoms with Crippen molar-refractivity contribution in [2.24, 2.45) is 0 Å². The molecule has 0 aliphatic rings. The lowest BCUT2D eigenvalue weighted by atomic mass is 10.1. The minimum Gasteiger partial charge on any atom is -0.326 e. The van der Waals surface area contributed by atoms with E-state index in [4.69, 9.17) is 0 Å². The first kappa shape index (κ1) is 13.3. The number of hydrogen-bond acceptors (Lipinski definition) is 3. The van der Waals surface area contributed by atoms with Crippen LogP contribution in [0.25, 0.3) is 0 Å². The molecule has 2 rings (SSSR count). The van der Waals surface area contributed by atoms with E-state index in [2.05, 4.69) is 15.3 Å². The van der Waals surface area contributed by atoms with Crippen molar-refractivity contribution < 1.29 is 4.39 Å². The summed E-state index contributed by atoms with van der Waals surface area (Å²) in [5.41, 5.74) is 1.59. The maximum atomic E-state index is 13.4. The first-order valence-electron chi connectivity index (χ1n) is 6.10. The molecule has 1 aromatic carbocycles. The van der Waals surface area contributed by atoms with Crippen molar-refractivity contribution >= 4 is 11.6 Å². The zero-order valence-corrected chi connectivity index (χ0v) is 11.1. The van der Waals surface area contributed by atoms with Crippen LogP contribution in [0.3, 0.4) is 0 Å². The molecule has 2 N–H and O–H groups in total. The van der Waals surface area contributed by atoms with Crippen molar-refractivity contribution in [2.75, 3.05) is 5.32 Å². The maximum Gasteiger partial charge on any atom is 0.252 e. The quantitative estimate of drug-likeness (QED) is 0.892. The Morgan fingerprint density at radius 2 is 2.05 bits per heavy atom.